The molecule has 2 N–H and O–H groups in total. The average molecular weight is 278 g/mol. The lowest BCUT2D eigenvalue weighted by molar-refractivity contribution is -0.121. The van der Waals surface area contributed by atoms with Crippen molar-refractivity contribution in [2.24, 2.45) is 5.41 Å². The summed E-state index contributed by atoms with van der Waals surface area (Å²) in [7, 11) is 0. The predicted octanol–water partition coefficient (Wildman–Crippen LogP) is 1.83. The quantitative estimate of drug-likeness (QED) is 0.771. The summed E-state index contributed by atoms with van der Waals surface area (Å²) >= 11 is 3.23. The van der Waals surface area contributed by atoms with Crippen molar-refractivity contribution in [1.82, 2.24) is 5.32 Å². The van der Waals surface area contributed by atoms with Gasteiger partial charge < -0.3 is 10.4 Å². The van der Waals surface area contributed by atoms with Gasteiger partial charge in [0.1, 0.15) is 0 Å². The molecule has 0 saturated heterocycles. The lowest BCUT2D eigenvalue weighted by atomic mass is 9.74. The Balaban J connectivity index is 2.42. The molecule has 1 saturated carbocycles. The molecule has 1 rings (SSSR count). The molecule has 1 aliphatic carbocycles. The zero-order valence-electron chi connectivity index (χ0n) is 9.26. The minimum Gasteiger partial charge on any atom is -0.396 e. The SMILES string of the molecule is CC(Br)C(=O)NCC1(CO)CCCCC1. The number of rotatable bonds is 4. The Morgan fingerprint density at radius 3 is 2.53 bits per heavy atom. The Morgan fingerprint density at radius 1 is 1.47 bits per heavy atom. The van der Waals surface area contributed by atoms with Crippen LogP contribution in [0.1, 0.15) is 39.0 Å². The van der Waals surface area contributed by atoms with Crippen molar-refractivity contribution in [3.8, 4) is 0 Å². The molecule has 0 aliphatic heterocycles. The third-order valence-electron chi connectivity index (χ3n) is 3.25. The van der Waals surface area contributed by atoms with Crippen molar-refractivity contribution < 1.29 is 9.90 Å². The maximum atomic E-state index is 11.4. The number of aliphatic hydroxyl groups is 1. The normalized spacial score (nSPS) is 22.1. The molecule has 0 aromatic heterocycles. The number of aliphatic hydroxyl groups excluding tert-OH is 1. The molecule has 15 heavy (non-hydrogen) atoms. The molecular formula is C11H20BrNO2. The van der Waals surface area contributed by atoms with Crippen molar-refractivity contribution in [3.05, 3.63) is 0 Å². The molecule has 3 nitrogen and oxygen atoms in total. The molecule has 0 bridgehead atoms. The first-order valence-corrected chi connectivity index (χ1v) is 6.54. The van der Waals surface area contributed by atoms with Gasteiger partial charge >= 0.3 is 0 Å². The Bertz CT molecular complexity index is 213. The van der Waals surface area contributed by atoms with E-state index in [4.69, 9.17) is 0 Å². The van der Waals surface area contributed by atoms with E-state index in [1.54, 1.807) is 0 Å². The van der Waals surface area contributed by atoms with E-state index in [1.165, 1.54) is 19.3 Å². The highest BCUT2D eigenvalue weighted by Gasteiger charge is 2.31. The Morgan fingerprint density at radius 2 is 2.07 bits per heavy atom. The number of alkyl halides is 1. The predicted molar refractivity (Wildman–Crippen MR) is 64.0 cm³/mol. The van der Waals surface area contributed by atoms with Gasteiger partial charge in [-0.3, -0.25) is 4.79 Å². The molecule has 0 heterocycles. The smallest absolute Gasteiger partial charge is 0.233 e. The van der Waals surface area contributed by atoms with E-state index in [-0.39, 0.29) is 22.8 Å². The number of carbonyl (C=O) groups excluding carboxylic acids is 1. The van der Waals surface area contributed by atoms with Crippen LogP contribution in [0.15, 0.2) is 0 Å². The molecule has 0 aromatic carbocycles. The highest BCUT2D eigenvalue weighted by molar-refractivity contribution is 9.10. The molecule has 0 radical (unpaired) electrons. The van der Waals surface area contributed by atoms with Crippen LogP contribution in [0.4, 0.5) is 0 Å². The van der Waals surface area contributed by atoms with Crippen molar-refractivity contribution in [2.75, 3.05) is 13.2 Å². The monoisotopic (exact) mass is 277 g/mol. The van der Waals surface area contributed by atoms with E-state index in [1.807, 2.05) is 6.92 Å². The number of carbonyl (C=O) groups is 1. The van der Waals surface area contributed by atoms with Crippen LogP contribution in [-0.4, -0.2) is 29.0 Å². The van der Waals surface area contributed by atoms with Gasteiger partial charge in [-0.2, -0.15) is 0 Å². The van der Waals surface area contributed by atoms with Gasteiger partial charge in [-0.25, -0.2) is 0 Å². The van der Waals surface area contributed by atoms with Gasteiger partial charge in [0.2, 0.25) is 5.91 Å². The van der Waals surface area contributed by atoms with E-state index in [0.717, 1.165) is 12.8 Å². The Labute approximate surface area is 99.8 Å². The Hall–Kier alpha value is -0.0900. The van der Waals surface area contributed by atoms with E-state index in [2.05, 4.69) is 21.2 Å². The summed E-state index contributed by atoms with van der Waals surface area (Å²) in [6, 6.07) is 0. The van der Waals surface area contributed by atoms with Gasteiger partial charge in [-0.15, -0.1) is 0 Å². The highest BCUT2D eigenvalue weighted by Crippen LogP contribution is 2.35. The molecule has 1 aliphatic rings. The fraction of sp³-hybridized carbons (Fsp3) is 0.909. The first-order chi connectivity index (χ1) is 7.09. The summed E-state index contributed by atoms with van der Waals surface area (Å²) in [5.41, 5.74) is -0.0597. The average Bonchev–Trinajstić information content (AvgIpc) is 2.27. The number of amides is 1. The second-order valence-corrected chi connectivity index (χ2v) is 5.93. The second-order valence-electron chi connectivity index (χ2n) is 4.55. The molecule has 0 aromatic rings. The maximum absolute atomic E-state index is 11.4. The summed E-state index contributed by atoms with van der Waals surface area (Å²) in [6.45, 7) is 2.60. The summed E-state index contributed by atoms with van der Waals surface area (Å²) in [4.78, 5) is 11.2. The van der Waals surface area contributed by atoms with Crippen LogP contribution >= 0.6 is 15.9 Å². The van der Waals surface area contributed by atoms with E-state index < -0.39 is 0 Å². The molecule has 1 atom stereocenters. The van der Waals surface area contributed by atoms with Crippen molar-refractivity contribution in [1.29, 1.82) is 0 Å². The van der Waals surface area contributed by atoms with Crippen molar-refractivity contribution in [3.63, 3.8) is 0 Å². The van der Waals surface area contributed by atoms with Crippen LogP contribution < -0.4 is 5.32 Å². The van der Waals surface area contributed by atoms with Crippen LogP contribution in [0.25, 0.3) is 0 Å². The fourth-order valence-corrected chi connectivity index (χ4v) is 2.27. The van der Waals surface area contributed by atoms with E-state index in [0.29, 0.717) is 6.54 Å². The Kier molecular flexibility index (Phi) is 5.06. The molecule has 1 fully saturated rings. The van der Waals surface area contributed by atoms with Gasteiger partial charge in [-0.1, -0.05) is 35.2 Å². The topological polar surface area (TPSA) is 49.3 Å². The minimum absolute atomic E-state index is 0.00778. The minimum atomic E-state index is -0.156. The van der Waals surface area contributed by atoms with Gasteiger partial charge in [0, 0.05) is 12.0 Å². The third kappa shape index (κ3) is 3.76. The van der Waals surface area contributed by atoms with E-state index >= 15 is 0 Å². The first-order valence-electron chi connectivity index (χ1n) is 5.62. The summed E-state index contributed by atoms with van der Waals surface area (Å²) in [5, 5.41) is 12.3. The maximum Gasteiger partial charge on any atom is 0.233 e. The zero-order valence-corrected chi connectivity index (χ0v) is 10.8. The zero-order chi connectivity index (χ0) is 11.3. The van der Waals surface area contributed by atoms with Crippen LogP contribution in [0.5, 0.6) is 0 Å². The van der Waals surface area contributed by atoms with Gasteiger partial charge in [0.25, 0.3) is 0 Å². The van der Waals surface area contributed by atoms with Crippen LogP contribution in [0.2, 0.25) is 0 Å². The number of nitrogens with one attached hydrogen (secondary N) is 1. The molecule has 4 heteroatoms. The molecular weight excluding hydrogens is 258 g/mol. The largest absolute Gasteiger partial charge is 0.396 e. The molecule has 1 amide bonds. The summed E-state index contributed by atoms with van der Waals surface area (Å²) in [5.74, 6) is 0.00778. The lowest BCUT2D eigenvalue weighted by Crippen LogP contribution is -2.43. The van der Waals surface area contributed by atoms with Gasteiger partial charge in [0.05, 0.1) is 11.4 Å². The van der Waals surface area contributed by atoms with Crippen molar-refractivity contribution in [2.45, 2.75) is 43.9 Å². The third-order valence-corrected chi connectivity index (χ3v) is 3.66. The van der Waals surface area contributed by atoms with Crippen LogP contribution in [0.3, 0.4) is 0 Å². The van der Waals surface area contributed by atoms with E-state index in [9.17, 15) is 9.90 Å². The fourth-order valence-electron chi connectivity index (χ4n) is 2.11. The second kappa shape index (κ2) is 5.85. The summed E-state index contributed by atoms with van der Waals surface area (Å²) in [6.07, 6.45) is 5.64. The lowest BCUT2D eigenvalue weighted by Gasteiger charge is -2.35. The molecule has 1 unspecified atom stereocenters. The number of halogens is 1. The summed E-state index contributed by atoms with van der Waals surface area (Å²) < 4.78 is 0. The van der Waals surface area contributed by atoms with Crippen molar-refractivity contribution >= 4 is 21.8 Å². The van der Waals surface area contributed by atoms with Gasteiger partial charge in [-0.05, 0) is 19.8 Å². The van der Waals surface area contributed by atoms with Crippen LogP contribution in [-0.2, 0) is 4.79 Å². The number of hydrogen-bond donors (Lipinski definition) is 2. The highest BCUT2D eigenvalue weighted by atomic mass is 79.9. The van der Waals surface area contributed by atoms with Gasteiger partial charge in [0.15, 0.2) is 0 Å². The number of hydrogen-bond acceptors (Lipinski definition) is 2. The molecule has 88 valence electrons. The van der Waals surface area contributed by atoms with Crippen LogP contribution in [0, 0.1) is 5.41 Å². The molecule has 0 spiro atoms. The first kappa shape index (κ1) is 13.0. The standard InChI is InChI=1S/C11H20BrNO2/c1-9(12)10(15)13-7-11(8-14)5-3-2-4-6-11/h9,14H,2-8H2,1H3,(H,13,15).